The van der Waals surface area contributed by atoms with Crippen LogP contribution in [0.3, 0.4) is 0 Å². The lowest BCUT2D eigenvalue weighted by Crippen LogP contribution is -2.39. The Labute approximate surface area is 174 Å². The molecule has 3 aromatic rings. The van der Waals surface area contributed by atoms with Gasteiger partial charge in [-0.2, -0.15) is 5.10 Å². The van der Waals surface area contributed by atoms with Crippen LogP contribution in [0, 0.1) is 0 Å². The number of nitrogens with one attached hydrogen (secondary N) is 1. The van der Waals surface area contributed by atoms with Crippen LogP contribution in [0.1, 0.15) is 45.2 Å². The molecule has 0 spiro atoms. The zero-order valence-electron chi connectivity index (χ0n) is 17.4. The van der Waals surface area contributed by atoms with Gasteiger partial charge in [-0.05, 0) is 51.8 Å². The topological polar surface area (TPSA) is 108 Å². The first kappa shape index (κ1) is 20.5. The maximum Gasteiger partial charge on any atom is 0.331 e. The van der Waals surface area contributed by atoms with E-state index in [9.17, 15) is 18.0 Å². The molecule has 0 bridgehead atoms. The Morgan fingerprint density at radius 1 is 1.23 bits per heavy atom. The number of hydrogen-bond donors (Lipinski definition) is 1. The smallest absolute Gasteiger partial charge is 0.296 e. The summed E-state index contributed by atoms with van der Waals surface area (Å²) in [7, 11) is -2.20. The van der Waals surface area contributed by atoms with Crippen LogP contribution in [0.2, 0.25) is 0 Å². The lowest BCUT2D eigenvalue weighted by molar-refractivity contribution is 0.531. The Balaban J connectivity index is 1.81. The van der Waals surface area contributed by atoms with E-state index in [-0.39, 0.29) is 22.9 Å². The van der Waals surface area contributed by atoms with Gasteiger partial charge in [0.1, 0.15) is 0 Å². The number of benzene rings is 1. The molecule has 9 nitrogen and oxygen atoms in total. The average Bonchev–Trinajstić information content (AvgIpc) is 3.21. The molecule has 160 valence electrons. The molecule has 0 atom stereocenters. The highest BCUT2D eigenvalue weighted by molar-refractivity contribution is 7.89. The first-order chi connectivity index (χ1) is 14.0. The summed E-state index contributed by atoms with van der Waals surface area (Å²) in [5, 5.41) is 4.43. The van der Waals surface area contributed by atoms with Crippen LogP contribution in [-0.2, 0) is 23.6 Å². The van der Waals surface area contributed by atoms with E-state index in [1.54, 1.807) is 24.1 Å². The zero-order valence-corrected chi connectivity index (χ0v) is 18.2. The van der Waals surface area contributed by atoms with Gasteiger partial charge >= 0.3 is 5.69 Å². The van der Waals surface area contributed by atoms with Crippen molar-refractivity contribution in [2.75, 3.05) is 0 Å². The van der Waals surface area contributed by atoms with Crippen LogP contribution in [0.5, 0.6) is 0 Å². The van der Waals surface area contributed by atoms with Crippen molar-refractivity contribution < 1.29 is 8.42 Å². The van der Waals surface area contributed by atoms with Gasteiger partial charge in [0, 0.05) is 30.4 Å². The summed E-state index contributed by atoms with van der Waals surface area (Å²) in [6.07, 6.45) is 4.98. The van der Waals surface area contributed by atoms with Crippen LogP contribution >= 0.6 is 0 Å². The van der Waals surface area contributed by atoms with Gasteiger partial charge in [-0.3, -0.25) is 18.6 Å². The summed E-state index contributed by atoms with van der Waals surface area (Å²) in [5.74, 6) is 0. The summed E-state index contributed by atoms with van der Waals surface area (Å²) in [6, 6.07) is 4.43. The molecular weight excluding hydrogens is 406 g/mol. The number of sulfonamides is 1. The molecule has 0 amide bonds. The molecule has 0 aliphatic heterocycles. The number of hydrogen-bond acceptors (Lipinski definition) is 5. The van der Waals surface area contributed by atoms with Crippen molar-refractivity contribution in [3.63, 3.8) is 0 Å². The number of aromatic nitrogens is 4. The van der Waals surface area contributed by atoms with Gasteiger partial charge in [-0.1, -0.05) is 0 Å². The molecule has 4 rings (SSSR count). The molecule has 0 saturated heterocycles. The van der Waals surface area contributed by atoms with Crippen LogP contribution in [-0.4, -0.2) is 32.9 Å². The molecule has 30 heavy (non-hydrogen) atoms. The van der Waals surface area contributed by atoms with E-state index in [1.165, 1.54) is 22.8 Å². The normalized spacial score (nSPS) is 15.8. The van der Waals surface area contributed by atoms with E-state index >= 15 is 0 Å². The van der Waals surface area contributed by atoms with Crippen molar-refractivity contribution in [1.29, 1.82) is 0 Å². The zero-order chi connectivity index (χ0) is 21.8. The predicted octanol–water partition coefficient (Wildman–Crippen LogP) is 1.36. The molecule has 1 saturated carbocycles. The molecule has 0 radical (unpaired) electrons. The molecule has 1 N–H and O–H groups in total. The number of aryl methyl sites for hydroxylation is 1. The van der Waals surface area contributed by atoms with Gasteiger partial charge in [-0.15, -0.1) is 0 Å². The molecule has 1 fully saturated rings. The van der Waals surface area contributed by atoms with E-state index in [2.05, 4.69) is 9.82 Å². The molecule has 10 heteroatoms. The van der Waals surface area contributed by atoms with E-state index in [1.807, 2.05) is 20.8 Å². The fourth-order valence-electron chi connectivity index (χ4n) is 3.40. The Hall–Kier alpha value is -2.72. The lowest BCUT2D eigenvalue weighted by atomic mass is 10.2. The molecule has 1 aliphatic carbocycles. The van der Waals surface area contributed by atoms with Crippen LogP contribution in [0.25, 0.3) is 10.9 Å². The van der Waals surface area contributed by atoms with E-state index in [4.69, 9.17) is 0 Å². The van der Waals surface area contributed by atoms with Crippen molar-refractivity contribution in [3.8, 4) is 0 Å². The van der Waals surface area contributed by atoms with Gasteiger partial charge in [0.25, 0.3) is 5.56 Å². The van der Waals surface area contributed by atoms with E-state index < -0.39 is 26.8 Å². The maximum atomic E-state index is 13.1. The monoisotopic (exact) mass is 431 g/mol. The fraction of sp³-hybridized carbons (Fsp3) is 0.450. The fourth-order valence-corrected chi connectivity index (χ4v) is 4.89. The van der Waals surface area contributed by atoms with Gasteiger partial charge < -0.3 is 0 Å². The highest BCUT2D eigenvalue weighted by Gasteiger charge is 2.41. The SMILES string of the molecule is CC(C)n1cc(Cn2c(=O)c3cc(S(=O)(=O)NC4(C)CC4)ccc3n(C)c2=O)cn1. The molecule has 2 aromatic heterocycles. The van der Waals surface area contributed by atoms with Crippen molar-refractivity contribution in [2.45, 2.75) is 56.6 Å². The number of rotatable bonds is 6. The minimum Gasteiger partial charge on any atom is -0.296 e. The minimum absolute atomic E-state index is 0.0121. The van der Waals surface area contributed by atoms with Crippen molar-refractivity contribution in [1.82, 2.24) is 23.6 Å². The molecule has 1 aliphatic rings. The van der Waals surface area contributed by atoms with E-state index in [0.717, 1.165) is 17.4 Å². The van der Waals surface area contributed by atoms with Crippen molar-refractivity contribution in [2.24, 2.45) is 7.05 Å². The van der Waals surface area contributed by atoms with Crippen LogP contribution < -0.4 is 16.0 Å². The Morgan fingerprint density at radius 2 is 1.93 bits per heavy atom. The summed E-state index contributed by atoms with van der Waals surface area (Å²) >= 11 is 0. The highest BCUT2D eigenvalue weighted by Crippen LogP contribution is 2.36. The Bertz CT molecular complexity index is 1360. The largest absolute Gasteiger partial charge is 0.331 e. The van der Waals surface area contributed by atoms with Crippen molar-refractivity contribution in [3.05, 3.63) is 57.0 Å². The van der Waals surface area contributed by atoms with Crippen LogP contribution in [0.4, 0.5) is 0 Å². The van der Waals surface area contributed by atoms with Gasteiger partial charge in [0.2, 0.25) is 10.0 Å². The second-order valence-electron chi connectivity index (χ2n) is 8.50. The Kier molecular flexibility index (Phi) is 4.74. The second-order valence-corrected chi connectivity index (χ2v) is 10.2. The third-order valence-electron chi connectivity index (χ3n) is 5.54. The quantitative estimate of drug-likeness (QED) is 0.634. The minimum atomic E-state index is -3.76. The third-order valence-corrected chi connectivity index (χ3v) is 7.17. The second kappa shape index (κ2) is 6.92. The Morgan fingerprint density at radius 3 is 2.53 bits per heavy atom. The van der Waals surface area contributed by atoms with Gasteiger partial charge in [0.05, 0.1) is 28.5 Å². The maximum absolute atomic E-state index is 13.1. The highest BCUT2D eigenvalue weighted by atomic mass is 32.2. The average molecular weight is 432 g/mol. The molecular formula is C20H25N5O4S. The van der Waals surface area contributed by atoms with E-state index in [0.29, 0.717) is 11.1 Å². The summed E-state index contributed by atoms with van der Waals surface area (Å²) in [5.41, 5.74) is -0.317. The first-order valence-corrected chi connectivity index (χ1v) is 11.3. The van der Waals surface area contributed by atoms with Gasteiger partial charge in [0.15, 0.2) is 0 Å². The number of fused-ring (bicyclic) bond motifs is 1. The van der Waals surface area contributed by atoms with Crippen molar-refractivity contribution >= 4 is 20.9 Å². The van der Waals surface area contributed by atoms with Gasteiger partial charge in [-0.25, -0.2) is 17.9 Å². The lowest BCUT2D eigenvalue weighted by Gasteiger charge is -2.14. The standard InChI is InChI=1S/C20H25N5O4S/c1-13(2)25-12-14(10-21-25)11-24-18(26)16-9-15(5-6-17(16)23(4)19(24)27)30(28,29)22-20(3)7-8-20/h5-6,9-10,12-13,22H,7-8,11H2,1-4H3. The third kappa shape index (κ3) is 3.61. The summed E-state index contributed by atoms with van der Waals surface area (Å²) in [4.78, 5) is 25.9. The summed E-state index contributed by atoms with van der Waals surface area (Å²) < 4.78 is 32.4. The molecule has 1 aromatic carbocycles. The summed E-state index contributed by atoms with van der Waals surface area (Å²) in [6.45, 7) is 5.87. The predicted molar refractivity (Wildman–Crippen MR) is 113 cm³/mol. The van der Waals surface area contributed by atoms with Crippen LogP contribution in [0.15, 0.2) is 45.1 Å². The molecule has 2 heterocycles. The first-order valence-electron chi connectivity index (χ1n) is 9.81. The molecule has 0 unspecified atom stereocenters. The number of nitrogens with zero attached hydrogens (tertiary/aromatic N) is 4.